The fourth-order valence-corrected chi connectivity index (χ4v) is 2.42. The number of hydrazone groups is 1. The topological polar surface area (TPSA) is 79.8 Å². The molecule has 0 bridgehead atoms. The van der Waals surface area contributed by atoms with Crippen LogP contribution in [0.5, 0.6) is 0 Å². The van der Waals surface area contributed by atoms with Crippen molar-refractivity contribution in [2.24, 2.45) is 5.10 Å². The Morgan fingerprint density at radius 1 is 1.15 bits per heavy atom. The van der Waals surface area contributed by atoms with E-state index in [0.29, 0.717) is 10.6 Å². The molecule has 136 valence electrons. The second kappa shape index (κ2) is 10.2. The minimum absolute atomic E-state index is 0.0166. The van der Waals surface area contributed by atoms with Crippen molar-refractivity contribution >= 4 is 29.8 Å². The molecular formula is C19H20ClN3O3. The largest absolute Gasteiger partial charge is 0.450 e. The normalized spacial score (nSPS) is 11.8. The zero-order valence-electron chi connectivity index (χ0n) is 14.3. The lowest BCUT2D eigenvalue weighted by atomic mass is 10.0. The van der Waals surface area contributed by atoms with E-state index < -0.39 is 12.1 Å². The third kappa shape index (κ3) is 6.22. The summed E-state index contributed by atoms with van der Waals surface area (Å²) >= 11 is 6.03. The summed E-state index contributed by atoms with van der Waals surface area (Å²) in [6.07, 6.45) is 0.910. The Kier molecular flexibility index (Phi) is 7.64. The van der Waals surface area contributed by atoms with Crippen molar-refractivity contribution in [3.63, 3.8) is 0 Å². The van der Waals surface area contributed by atoms with Crippen molar-refractivity contribution in [2.45, 2.75) is 19.4 Å². The van der Waals surface area contributed by atoms with Gasteiger partial charge in [-0.3, -0.25) is 4.79 Å². The minimum atomic E-state index is -0.575. The van der Waals surface area contributed by atoms with Crippen molar-refractivity contribution in [1.82, 2.24) is 10.7 Å². The zero-order valence-corrected chi connectivity index (χ0v) is 15.1. The standard InChI is InChI=1S/C19H20ClN3O3/c1-2-26-19(25)22-17(14-8-4-3-5-9-14)12-18(24)23-21-13-15-10-6-7-11-16(15)20/h3-11,13,17H,2,12H2,1H3,(H,22,25)(H,23,24)/b21-13-/t17-/m0/s1. The lowest BCUT2D eigenvalue weighted by molar-refractivity contribution is -0.121. The van der Waals surface area contributed by atoms with Gasteiger partial charge in [0.05, 0.1) is 25.3 Å². The van der Waals surface area contributed by atoms with Gasteiger partial charge in [-0.05, 0) is 18.6 Å². The molecule has 0 saturated heterocycles. The highest BCUT2D eigenvalue weighted by molar-refractivity contribution is 6.33. The van der Waals surface area contributed by atoms with Crippen LogP contribution in [0.1, 0.15) is 30.5 Å². The Balaban J connectivity index is 1.99. The third-order valence-electron chi connectivity index (χ3n) is 3.46. The Hall–Kier alpha value is -2.86. The van der Waals surface area contributed by atoms with Crippen LogP contribution in [0.4, 0.5) is 4.79 Å². The van der Waals surface area contributed by atoms with Gasteiger partial charge in [-0.25, -0.2) is 10.2 Å². The number of carbonyl (C=O) groups is 2. The van der Waals surface area contributed by atoms with Gasteiger partial charge in [0.15, 0.2) is 0 Å². The maximum Gasteiger partial charge on any atom is 0.407 e. The summed E-state index contributed by atoms with van der Waals surface area (Å²) in [6.45, 7) is 1.97. The van der Waals surface area contributed by atoms with E-state index in [-0.39, 0.29) is 18.9 Å². The molecule has 2 N–H and O–H groups in total. The van der Waals surface area contributed by atoms with Crippen molar-refractivity contribution in [2.75, 3.05) is 6.61 Å². The number of alkyl carbamates (subject to hydrolysis) is 1. The number of ether oxygens (including phenoxy) is 1. The first-order chi connectivity index (χ1) is 12.6. The SMILES string of the molecule is CCOC(=O)N[C@@H](CC(=O)N/N=C\c1ccccc1Cl)c1ccccc1. The Morgan fingerprint density at radius 2 is 1.85 bits per heavy atom. The van der Waals surface area contributed by atoms with Crippen LogP contribution >= 0.6 is 11.6 Å². The number of rotatable bonds is 7. The number of nitrogens with zero attached hydrogens (tertiary/aromatic N) is 1. The zero-order chi connectivity index (χ0) is 18.8. The predicted molar refractivity (Wildman–Crippen MR) is 101 cm³/mol. The Morgan fingerprint density at radius 3 is 2.54 bits per heavy atom. The smallest absolute Gasteiger partial charge is 0.407 e. The minimum Gasteiger partial charge on any atom is -0.450 e. The van der Waals surface area contributed by atoms with E-state index in [1.807, 2.05) is 42.5 Å². The second-order valence-corrected chi connectivity index (χ2v) is 5.75. The number of amides is 2. The van der Waals surface area contributed by atoms with E-state index in [1.54, 1.807) is 19.1 Å². The van der Waals surface area contributed by atoms with E-state index in [2.05, 4.69) is 15.8 Å². The lowest BCUT2D eigenvalue weighted by Gasteiger charge is -2.18. The van der Waals surface area contributed by atoms with Gasteiger partial charge in [0, 0.05) is 10.6 Å². The molecule has 1 atom stereocenters. The molecule has 0 heterocycles. The van der Waals surface area contributed by atoms with Crippen molar-refractivity contribution in [3.8, 4) is 0 Å². The summed E-state index contributed by atoms with van der Waals surface area (Å²) in [5.74, 6) is -0.348. The number of hydrogen-bond donors (Lipinski definition) is 2. The summed E-state index contributed by atoms with van der Waals surface area (Å²) in [6, 6.07) is 15.8. The molecule has 0 fully saturated rings. The van der Waals surface area contributed by atoms with Crippen molar-refractivity contribution in [3.05, 3.63) is 70.7 Å². The van der Waals surface area contributed by atoms with E-state index in [1.165, 1.54) is 6.21 Å². The van der Waals surface area contributed by atoms with Gasteiger partial charge >= 0.3 is 6.09 Å². The number of carbonyl (C=O) groups excluding carboxylic acids is 2. The molecule has 6 nitrogen and oxygen atoms in total. The van der Waals surface area contributed by atoms with Crippen LogP contribution < -0.4 is 10.7 Å². The van der Waals surface area contributed by atoms with Crippen LogP contribution in [-0.4, -0.2) is 24.8 Å². The number of hydrogen-bond acceptors (Lipinski definition) is 4. The Bertz CT molecular complexity index is 766. The van der Waals surface area contributed by atoms with Crippen molar-refractivity contribution < 1.29 is 14.3 Å². The van der Waals surface area contributed by atoms with Crippen LogP contribution in [0, 0.1) is 0 Å². The maximum absolute atomic E-state index is 12.2. The van der Waals surface area contributed by atoms with E-state index >= 15 is 0 Å². The van der Waals surface area contributed by atoms with Crippen LogP contribution in [0.25, 0.3) is 0 Å². The van der Waals surface area contributed by atoms with E-state index in [0.717, 1.165) is 5.56 Å². The highest BCUT2D eigenvalue weighted by atomic mass is 35.5. The van der Waals surface area contributed by atoms with Crippen LogP contribution in [0.3, 0.4) is 0 Å². The van der Waals surface area contributed by atoms with Crippen molar-refractivity contribution in [1.29, 1.82) is 0 Å². The van der Waals surface area contributed by atoms with Crippen LogP contribution in [-0.2, 0) is 9.53 Å². The fourth-order valence-electron chi connectivity index (χ4n) is 2.24. The predicted octanol–water partition coefficient (Wildman–Crippen LogP) is 3.67. The number of benzene rings is 2. The molecular weight excluding hydrogens is 354 g/mol. The molecule has 2 rings (SSSR count). The van der Waals surface area contributed by atoms with Gasteiger partial charge in [0.2, 0.25) is 5.91 Å². The highest BCUT2D eigenvalue weighted by Crippen LogP contribution is 2.17. The van der Waals surface area contributed by atoms with Gasteiger partial charge in [0.25, 0.3) is 0 Å². The van der Waals surface area contributed by atoms with E-state index in [9.17, 15) is 9.59 Å². The molecule has 2 aromatic rings. The second-order valence-electron chi connectivity index (χ2n) is 5.35. The first kappa shape index (κ1) is 19.5. The molecule has 0 saturated carbocycles. The van der Waals surface area contributed by atoms with Gasteiger partial charge in [-0.2, -0.15) is 5.10 Å². The molecule has 0 aromatic heterocycles. The summed E-state index contributed by atoms with van der Waals surface area (Å²) in [5, 5.41) is 7.14. The monoisotopic (exact) mass is 373 g/mol. The van der Waals surface area contributed by atoms with Gasteiger partial charge in [0.1, 0.15) is 0 Å². The average molecular weight is 374 g/mol. The molecule has 26 heavy (non-hydrogen) atoms. The molecule has 0 aliphatic rings. The van der Waals surface area contributed by atoms with Crippen LogP contribution in [0.2, 0.25) is 5.02 Å². The molecule has 0 unspecified atom stereocenters. The summed E-state index contributed by atoms with van der Waals surface area (Å²) < 4.78 is 4.90. The summed E-state index contributed by atoms with van der Waals surface area (Å²) in [4.78, 5) is 23.9. The Labute approximate surface area is 157 Å². The number of nitrogens with one attached hydrogen (secondary N) is 2. The molecule has 0 aliphatic carbocycles. The lowest BCUT2D eigenvalue weighted by Crippen LogP contribution is -2.33. The first-order valence-electron chi connectivity index (χ1n) is 8.14. The fraction of sp³-hybridized carbons (Fsp3) is 0.211. The molecule has 0 radical (unpaired) electrons. The quantitative estimate of drug-likeness (QED) is 0.574. The molecule has 7 heteroatoms. The molecule has 0 spiro atoms. The molecule has 2 amide bonds. The average Bonchev–Trinajstić information content (AvgIpc) is 2.64. The molecule has 2 aromatic carbocycles. The van der Waals surface area contributed by atoms with Gasteiger partial charge in [-0.1, -0.05) is 60.1 Å². The third-order valence-corrected chi connectivity index (χ3v) is 3.80. The summed E-state index contributed by atoms with van der Waals surface area (Å²) in [7, 11) is 0. The van der Waals surface area contributed by atoms with E-state index in [4.69, 9.17) is 16.3 Å². The molecule has 0 aliphatic heterocycles. The number of halogens is 1. The highest BCUT2D eigenvalue weighted by Gasteiger charge is 2.18. The first-order valence-corrected chi connectivity index (χ1v) is 8.52. The van der Waals surface area contributed by atoms with Gasteiger partial charge < -0.3 is 10.1 Å². The van der Waals surface area contributed by atoms with Gasteiger partial charge in [-0.15, -0.1) is 0 Å². The van der Waals surface area contributed by atoms with Crippen LogP contribution in [0.15, 0.2) is 59.7 Å². The summed E-state index contributed by atoms with van der Waals surface area (Å²) in [5.41, 5.74) is 3.93. The maximum atomic E-state index is 12.2.